The van der Waals surface area contributed by atoms with Gasteiger partial charge in [0.2, 0.25) is 5.91 Å². The molecule has 1 fully saturated rings. The van der Waals surface area contributed by atoms with Crippen LogP contribution in [0.3, 0.4) is 0 Å². The summed E-state index contributed by atoms with van der Waals surface area (Å²) >= 11 is 0. The van der Waals surface area contributed by atoms with E-state index in [1.54, 1.807) is 17.0 Å². The highest BCUT2D eigenvalue weighted by Crippen LogP contribution is 2.18. The van der Waals surface area contributed by atoms with E-state index in [9.17, 15) is 4.79 Å². The highest BCUT2D eigenvalue weighted by Gasteiger charge is 2.23. The normalized spacial score (nSPS) is 16.1. The van der Waals surface area contributed by atoms with Gasteiger partial charge < -0.3 is 10.0 Å². The fourth-order valence-electron chi connectivity index (χ4n) is 1.67. The number of nitrogens with zero attached hydrogens (tertiary/aromatic N) is 1. The summed E-state index contributed by atoms with van der Waals surface area (Å²) < 4.78 is 0. The van der Waals surface area contributed by atoms with Crippen LogP contribution < -0.4 is 0 Å². The van der Waals surface area contributed by atoms with Gasteiger partial charge in [0, 0.05) is 18.7 Å². The summed E-state index contributed by atoms with van der Waals surface area (Å²) in [5.41, 5.74) is 1.71. The third kappa shape index (κ3) is 2.01. The van der Waals surface area contributed by atoms with E-state index in [4.69, 9.17) is 5.11 Å². The van der Waals surface area contributed by atoms with Gasteiger partial charge in [0.05, 0.1) is 0 Å². The average Bonchev–Trinajstić information content (AvgIpc) is 2.53. The Morgan fingerprint density at radius 3 is 2.53 bits per heavy atom. The smallest absolute Gasteiger partial charge is 0.249 e. The van der Waals surface area contributed by atoms with Crippen molar-refractivity contribution in [1.29, 1.82) is 0 Å². The Morgan fingerprint density at radius 1 is 1.33 bits per heavy atom. The van der Waals surface area contributed by atoms with Crippen molar-refractivity contribution >= 4 is 5.91 Å². The summed E-state index contributed by atoms with van der Waals surface area (Å²) in [5.74, 6) is 0.291. The van der Waals surface area contributed by atoms with Gasteiger partial charge in [-0.15, -0.1) is 0 Å². The third-order valence-electron chi connectivity index (χ3n) is 2.58. The monoisotopic (exact) mass is 203 g/mol. The van der Waals surface area contributed by atoms with E-state index in [1.807, 2.05) is 12.1 Å². The lowest BCUT2D eigenvalue weighted by atomic mass is 10.2. The number of hydrogen-bond acceptors (Lipinski definition) is 2. The van der Waals surface area contributed by atoms with E-state index >= 15 is 0 Å². The molecule has 1 saturated heterocycles. The molecular weight excluding hydrogens is 190 g/mol. The number of benzene rings is 1. The van der Waals surface area contributed by atoms with Crippen LogP contribution in [-0.4, -0.2) is 22.5 Å². The van der Waals surface area contributed by atoms with Crippen LogP contribution in [0.4, 0.5) is 0 Å². The molecule has 2 rings (SSSR count). The van der Waals surface area contributed by atoms with Gasteiger partial charge in [-0.3, -0.25) is 4.79 Å². The minimum atomic E-state index is 0.0445. The first-order valence-corrected chi connectivity index (χ1v) is 4.92. The molecule has 0 aromatic heterocycles. The zero-order valence-corrected chi connectivity index (χ0v) is 8.44. The van der Waals surface area contributed by atoms with E-state index in [0.717, 1.165) is 18.5 Å². The van der Waals surface area contributed by atoms with E-state index < -0.39 is 0 Å². The number of rotatable bonds is 2. The predicted octanol–water partition coefficient (Wildman–Crippen LogP) is 1.68. The standard InChI is InChI=1S/C12H13NO2/c1-9-6-7-13(12(9)15)8-10-2-4-11(14)5-3-10/h2-5,14H,1,6-8H2. The molecule has 0 unspecified atom stereocenters. The van der Waals surface area contributed by atoms with E-state index in [-0.39, 0.29) is 11.7 Å². The first-order chi connectivity index (χ1) is 7.16. The Labute approximate surface area is 88.6 Å². The van der Waals surface area contributed by atoms with Crippen molar-refractivity contribution in [3.8, 4) is 5.75 Å². The Kier molecular flexibility index (Phi) is 2.46. The Balaban J connectivity index is 2.06. The van der Waals surface area contributed by atoms with Crippen molar-refractivity contribution in [1.82, 2.24) is 4.90 Å². The van der Waals surface area contributed by atoms with Gasteiger partial charge in [-0.2, -0.15) is 0 Å². The van der Waals surface area contributed by atoms with Gasteiger partial charge >= 0.3 is 0 Å². The van der Waals surface area contributed by atoms with Crippen molar-refractivity contribution in [3.63, 3.8) is 0 Å². The SMILES string of the molecule is C=C1CCN(Cc2ccc(O)cc2)C1=O. The molecule has 1 aromatic carbocycles. The third-order valence-corrected chi connectivity index (χ3v) is 2.58. The molecule has 3 heteroatoms. The van der Waals surface area contributed by atoms with E-state index in [0.29, 0.717) is 12.1 Å². The van der Waals surface area contributed by atoms with Crippen LogP contribution in [0.2, 0.25) is 0 Å². The summed E-state index contributed by atoms with van der Waals surface area (Å²) in [4.78, 5) is 13.3. The topological polar surface area (TPSA) is 40.5 Å². The van der Waals surface area contributed by atoms with Crippen LogP contribution >= 0.6 is 0 Å². The number of carbonyl (C=O) groups excluding carboxylic acids is 1. The Hall–Kier alpha value is -1.77. The molecule has 1 N–H and O–H groups in total. The molecule has 0 aliphatic carbocycles. The first-order valence-electron chi connectivity index (χ1n) is 4.92. The number of phenolic OH excluding ortho intramolecular Hbond substituents is 1. The molecule has 1 aliphatic heterocycles. The fourth-order valence-corrected chi connectivity index (χ4v) is 1.67. The maximum absolute atomic E-state index is 11.6. The predicted molar refractivity (Wildman–Crippen MR) is 57.3 cm³/mol. The molecule has 0 bridgehead atoms. The van der Waals surface area contributed by atoms with Crippen molar-refractivity contribution in [2.45, 2.75) is 13.0 Å². The average molecular weight is 203 g/mol. The molecule has 1 aromatic rings. The van der Waals surface area contributed by atoms with Crippen molar-refractivity contribution in [2.24, 2.45) is 0 Å². The summed E-state index contributed by atoms with van der Waals surface area (Å²) in [6.45, 7) is 5.05. The number of aromatic hydroxyl groups is 1. The van der Waals surface area contributed by atoms with Crippen molar-refractivity contribution in [2.75, 3.05) is 6.54 Å². The fraction of sp³-hybridized carbons (Fsp3) is 0.250. The number of likely N-dealkylation sites (tertiary alicyclic amines) is 1. The van der Waals surface area contributed by atoms with Gasteiger partial charge in [-0.25, -0.2) is 0 Å². The quantitative estimate of drug-likeness (QED) is 0.743. The van der Waals surface area contributed by atoms with Crippen LogP contribution in [-0.2, 0) is 11.3 Å². The van der Waals surface area contributed by atoms with Gasteiger partial charge in [0.25, 0.3) is 0 Å². The summed E-state index contributed by atoms with van der Waals surface area (Å²) in [6.07, 6.45) is 0.761. The maximum atomic E-state index is 11.6. The molecule has 0 spiro atoms. The maximum Gasteiger partial charge on any atom is 0.249 e. The number of hydrogen-bond donors (Lipinski definition) is 1. The molecule has 0 saturated carbocycles. The summed E-state index contributed by atoms with van der Waals surface area (Å²) in [6, 6.07) is 6.91. The van der Waals surface area contributed by atoms with Gasteiger partial charge in [-0.1, -0.05) is 18.7 Å². The second kappa shape index (κ2) is 3.77. The van der Waals surface area contributed by atoms with E-state index in [2.05, 4.69) is 6.58 Å². The Bertz CT molecular complexity index is 395. The van der Waals surface area contributed by atoms with Crippen LogP contribution in [0.1, 0.15) is 12.0 Å². The van der Waals surface area contributed by atoms with Crippen LogP contribution in [0, 0.1) is 0 Å². The highest BCUT2D eigenvalue weighted by molar-refractivity contribution is 5.94. The molecule has 78 valence electrons. The lowest BCUT2D eigenvalue weighted by molar-refractivity contribution is -0.125. The second-order valence-electron chi connectivity index (χ2n) is 3.75. The zero-order valence-electron chi connectivity index (χ0n) is 8.44. The molecule has 1 amide bonds. The van der Waals surface area contributed by atoms with Crippen LogP contribution in [0.15, 0.2) is 36.4 Å². The minimum absolute atomic E-state index is 0.0445. The Morgan fingerprint density at radius 2 is 2.00 bits per heavy atom. The molecule has 15 heavy (non-hydrogen) atoms. The number of phenols is 1. The molecule has 0 atom stereocenters. The molecule has 3 nitrogen and oxygen atoms in total. The zero-order chi connectivity index (χ0) is 10.8. The van der Waals surface area contributed by atoms with Crippen molar-refractivity contribution < 1.29 is 9.90 Å². The van der Waals surface area contributed by atoms with Gasteiger partial charge in [-0.05, 0) is 24.1 Å². The lowest BCUT2D eigenvalue weighted by Crippen LogP contribution is -2.24. The van der Waals surface area contributed by atoms with Crippen LogP contribution in [0.5, 0.6) is 5.75 Å². The van der Waals surface area contributed by atoms with E-state index in [1.165, 1.54) is 0 Å². The summed E-state index contributed by atoms with van der Waals surface area (Å²) in [5, 5.41) is 9.12. The number of amides is 1. The van der Waals surface area contributed by atoms with Crippen LogP contribution in [0.25, 0.3) is 0 Å². The molecule has 1 heterocycles. The highest BCUT2D eigenvalue weighted by atomic mass is 16.3. The second-order valence-corrected chi connectivity index (χ2v) is 3.75. The number of carbonyl (C=O) groups is 1. The molecule has 0 radical (unpaired) electrons. The van der Waals surface area contributed by atoms with Gasteiger partial charge in [0.15, 0.2) is 0 Å². The van der Waals surface area contributed by atoms with Gasteiger partial charge in [0.1, 0.15) is 5.75 Å². The summed E-state index contributed by atoms with van der Waals surface area (Å²) in [7, 11) is 0. The largest absolute Gasteiger partial charge is 0.508 e. The minimum Gasteiger partial charge on any atom is -0.508 e. The van der Waals surface area contributed by atoms with Crippen molar-refractivity contribution in [3.05, 3.63) is 42.0 Å². The first kappa shape index (κ1) is 9.77. The molecule has 1 aliphatic rings. The molecular formula is C12H13NO2. The lowest BCUT2D eigenvalue weighted by Gasteiger charge is -2.14.